The molecule has 0 unspecified atom stereocenters. The van der Waals surface area contributed by atoms with Gasteiger partial charge in [0.2, 0.25) is 0 Å². The monoisotopic (exact) mass is 267 g/mol. The van der Waals surface area contributed by atoms with Crippen LogP contribution in [0.4, 0.5) is 0 Å². The molecule has 0 aromatic carbocycles. The molecule has 1 heterocycles. The van der Waals surface area contributed by atoms with Crippen molar-refractivity contribution in [3.05, 3.63) is 11.9 Å². The maximum absolute atomic E-state index is 10.4. The largest absolute Gasteiger partial charge is 0.481 e. The van der Waals surface area contributed by atoms with E-state index in [1.807, 2.05) is 6.20 Å². The molecule has 1 fully saturated rings. The molecule has 0 spiro atoms. The smallest absolute Gasteiger partial charge is 0.303 e. The third-order valence-electron chi connectivity index (χ3n) is 3.65. The molecular weight excluding hydrogens is 246 g/mol. The minimum Gasteiger partial charge on any atom is -0.481 e. The molecule has 0 aliphatic heterocycles. The second-order valence-electron chi connectivity index (χ2n) is 5.44. The molecule has 1 aromatic heterocycles. The number of carboxylic acid groups (broad SMARTS) is 1. The summed E-state index contributed by atoms with van der Waals surface area (Å²) in [5, 5.41) is 26.9. The number of aryl methyl sites for hydroxylation is 1. The van der Waals surface area contributed by atoms with Crippen LogP contribution in [0.25, 0.3) is 0 Å². The Morgan fingerprint density at radius 3 is 2.79 bits per heavy atom. The Morgan fingerprint density at radius 2 is 2.11 bits per heavy atom. The number of aliphatic hydroxyl groups is 1. The highest BCUT2D eigenvalue weighted by Crippen LogP contribution is 2.30. The minimum absolute atomic E-state index is 0.202. The lowest BCUT2D eigenvalue weighted by atomic mass is 10.0. The zero-order chi connectivity index (χ0) is 13.7. The van der Waals surface area contributed by atoms with Crippen molar-refractivity contribution >= 4 is 5.97 Å². The summed E-state index contributed by atoms with van der Waals surface area (Å²) in [5.41, 5.74) is 0.251. The lowest BCUT2D eigenvalue weighted by Crippen LogP contribution is -2.30. The van der Waals surface area contributed by atoms with Gasteiger partial charge in [0.15, 0.2) is 0 Å². The van der Waals surface area contributed by atoms with E-state index in [-0.39, 0.29) is 6.42 Å². The summed E-state index contributed by atoms with van der Waals surface area (Å²) in [5.74, 6) is -0.757. The average molecular weight is 267 g/mol. The van der Waals surface area contributed by atoms with E-state index in [9.17, 15) is 9.90 Å². The maximum atomic E-state index is 10.4. The number of carboxylic acids is 1. The van der Waals surface area contributed by atoms with Crippen LogP contribution >= 0.6 is 0 Å². The molecular formula is C13H21N3O3. The first kappa shape index (κ1) is 14.0. The van der Waals surface area contributed by atoms with E-state index in [0.717, 1.165) is 44.2 Å². The van der Waals surface area contributed by atoms with Gasteiger partial charge in [0, 0.05) is 12.6 Å². The van der Waals surface area contributed by atoms with Crippen molar-refractivity contribution in [2.24, 2.45) is 0 Å². The Labute approximate surface area is 112 Å². The van der Waals surface area contributed by atoms with Gasteiger partial charge in [-0.05, 0) is 32.1 Å². The van der Waals surface area contributed by atoms with E-state index in [1.54, 1.807) is 4.68 Å². The molecule has 0 radical (unpaired) electrons. The fourth-order valence-corrected chi connectivity index (χ4v) is 2.61. The lowest BCUT2D eigenvalue weighted by molar-refractivity contribution is -0.137. The Hall–Kier alpha value is -1.43. The molecule has 1 aliphatic rings. The number of unbranched alkanes of at least 4 members (excludes halogenated alkanes) is 1. The standard InChI is InChI=1S/C13H21N3O3/c17-12(18)6-2-1-5-11-9-16(15-14-11)10-13(19)7-3-4-8-13/h9,19H,1-8,10H2,(H,17,18). The first-order valence-electron chi connectivity index (χ1n) is 6.91. The molecule has 6 heteroatoms. The molecule has 1 aliphatic carbocycles. The predicted molar refractivity (Wildman–Crippen MR) is 68.6 cm³/mol. The van der Waals surface area contributed by atoms with Crippen molar-refractivity contribution in [3.63, 3.8) is 0 Å². The van der Waals surface area contributed by atoms with Crippen molar-refractivity contribution < 1.29 is 15.0 Å². The highest BCUT2D eigenvalue weighted by molar-refractivity contribution is 5.66. The molecule has 2 rings (SSSR count). The van der Waals surface area contributed by atoms with Gasteiger partial charge in [0.1, 0.15) is 0 Å². The van der Waals surface area contributed by atoms with Crippen LogP contribution in [0.1, 0.15) is 50.6 Å². The van der Waals surface area contributed by atoms with E-state index in [0.29, 0.717) is 13.0 Å². The number of carbonyl (C=O) groups is 1. The summed E-state index contributed by atoms with van der Waals surface area (Å²) in [4.78, 5) is 10.4. The summed E-state index contributed by atoms with van der Waals surface area (Å²) in [6.45, 7) is 0.509. The van der Waals surface area contributed by atoms with Crippen LogP contribution in [0.15, 0.2) is 6.20 Å². The van der Waals surface area contributed by atoms with Crippen molar-refractivity contribution in [2.75, 3.05) is 0 Å². The van der Waals surface area contributed by atoms with Gasteiger partial charge in [0.05, 0.1) is 17.8 Å². The quantitative estimate of drug-likeness (QED) is 0.729. The normalized spacial score (nSPS) is 17.7. The number of hydrogen-bond donors (Lipinski definition) is 2. The molecule has 0 bridgehead atoms. The molecule has 0 amide bonds. The van der Waals surface area contributed by atoms with E-state index in [1.165, 1.54) is 0 Å². The van der Waals surface area contributed by atoms with Crippen LogP contribution in [0.3, 0.4) is 0 Å². The van der Waals surface area contributed by atoms with E-state index in [2.05, 4.69) is 10.3 Å². The molecule has 106 valence electrons. The number of nitrogens with zero attached hydrogens (tertiary/aromatic N) is 3. The third kappa shape index (κ3) is 4.31. The van der Waals surface area contributed by atoms with Crippen molar-refractivity contribution in [1.82, 2.24) is 15.0 Å². The molecule has 19 heavy (non-hydrogen) atoms. The maximum Gasteiger partial charge on any atom is 0.303 e. The van der Waals surface area contributed by atoms with Crippen LogP contribution in [-0.2, 0) is 17.8 Å². The molecule has 6 nitrogen and oxygen atoms in total. The van der Waals surface area contributed by atoms with Gasteiger partial charge in [-0.15, -0.1) is 5.10 Å². The van der Waals surface area contributed by atoms with Gasteiger partial charge < -0.3 is 10.2 Å². The topological polar surface area (TPSA) is 88.2 Å². The fourth-order valence-electron chi connectivity index (χ4n) is 2.61. The van der Waals surface area contributed by atoms with Crippen LogP contribution in [0.2, 0.25) is 0 Å². The second kappa shape index (κ2) is 6.14. The highest BCUT2D eigenvalue weighted by atomic mass is 16.4. The first-order valence-corrected chi connectivity index (χ1v) is 6.91. The van der Waals surface area contributed by atoms with Gasteiger partial charge in [-0.1, -0.05) is 18.1 Å². The van der Waals surface area contributed by atoms with Crippen LogP contribution in [-0.4, -0.2) is 36.8 Å². The highest BCUT2D eigenvalue weighted by Gasteiger charge is 2.31. The number of rotatable bonds is 7. The zero-order valence-corrected chi connectivity index (χ0v) is 11.1. The zero-order valence-electron chi connectivity index (χ0n) is 11.1. The van der Waals surface area contributed by atoms with Gasteiger partial charge in [-0.3, -0.25) is 4.79 Å². The first-order chi connectivity index (χ1) is 9.07. The van der Waals surface area contributed by atoms with Gasteiger partial charge in [0.25, 0.3) is 0 Å². The molecule has 1 aromatic rings. The van der Waals surface area contributed by atoms with Crippen molar-refractivity contribution in [1.29, 1.82) is 0 Å². The van der Waals surface area contributed by atoms with Crippen molar-refractivity contribution in [2.45, 2.75) is 63.5 Å². The Kier molecular flexibility index (Phi) is 4.52. The fraction of sp³-hybridized carbons (Fsp3) is 0.769. The summed E-state index contributed by atoms with van der Waals surface area (Å²) in [6, 6.07) is 0. The minimum atomic E-state index is -0.757. The average Bonchev–Trinajstić information content (AvgIpc) is 2.95. The molecule has 1 saturated carbocycles. The predicted octanol–water partition coefficient (Wildman–Crippen LogP) is 1.38. The SMILES string of the molecule is O=C(O)CCCCc1cn(CC2(O)CCCC2)nn1. The van der Waals surface area contributed by atoms with E-state index in [4.69, 9.17) is 5.11 Å². The van der Waals surface area contributed by atoms with Gasteiger partial charge >= 0.3 is 5.97 Å². The second-order valence-corrected chi connectivity index (χ2v) is 5.44. The third-order valence-corrected chi connectivity index (χ3v) is 3.65. The van der Waals surface area contributed by atoms with E-state index >= 15 is 0 Å². The summed E-state index contributed by atoms with van der Waals surface area (Å²) in [6.07, 6.45) is 8.08. The Morgan fingerprint density at radius 1 is 1.37 bits per heavy atom. The molecule has 0 saturated heterocycles. The van der Waals surface area contributed by atoms with Crippen LogP contribution in [0.5, 0.6) is 0 Å². The van der Waals surface area contributed by atoms with Crippen LogP contribution < -0.4 is 0 Å². The number of aromatic nitrogens is 3. The summed E-state index contributed by atoms with van der Waals surface area (Å²) in [7, 11) is 0. The summed E-state index contributed by atoms with van der Waals surface area (Å²) < 4.78 is 1.71. The molecule has 2 N–H and O–H groups in total. The van der Waals surface area contributed by atoms with Gasteiger partial charge in [-0.2, -0.15) is 0 Å². The Balaban J connectivity index is 1.77. The lowest BCUT2D eigenvalue weighted by Gasteiger charge is -2.21. The van der Waals surface area contributed by atoms with Crippen molar-refractivity contribution in [3.8, 4) is 0 Å². The number of hydrogen-bond acceptors (Lipinski definition) is 4. The van der Waals surface area contributed by atoms with E-state index < -0.39 is 11.6 Å². The molecule has 0 atom stereocenters. The summed E-state index contributed by atoms with van der Waals surface area (Å²) >= 11 is 0. The number of aliphatic carboxylic acids is 1. The van der Waals surface area contributed by atoms with Gasteiger partial charge in [-0.25, -0.2) is 4.68 Å². The van der Waals surface area contributed by atoms with Crippen LogP contribution in [0, 0.1) is 0 Å². The Bertz CT molecular complexity index is 425.